The lowest BCUT2D eigenvalue weighted by Crippen LogP contribution is -2.44. The first-order valence-electron chi connectivity index (χ1n) is 7.98. The Kier molecular flexibility index (Phi) is 4.25. The molecular weight excluding hydrogens is 320 g/mol. The van der Waals surface area contributed by atoms with Gasteiger partial charge in [-0.25, -0.2) is 0 Å². The number of nitrogens with zero attached hydrogens (tertiary/aromatic N) is 3. The maximum absolute atomic E-state index is 12.3. The molecule has 0 aliphatic rings. The number of aryl methyl sites for hydroxylation is 1. The van der Waals surface area contributed by atoms with E-state index in [1.54, 1.807) is 0 Å². The summed E-state index contributed by atoms with van der Waals surface area (Å²) in [6.45, 7) is 9.90. The highest BCUT2D eigenvalue weighted by atomic mass is 32.2. The van der Waals surface area contributed by atoms with Crippen LogP contribution in [0.2, 0.25) is 0 Å². The van der Waals surface area contributed by atoms with Gasteiger partial charge in [-0.3, -0.25) is 9.20 Å². The number of thioether (sulfide) groups is 1. The molecule has 1 aromatic carbocycles. The molecule has 6 heteroatoms. The number of carbonyl (C=O) groups is 1. The summed E-state index contributed by atoms with van der Waals surface area (Å²) in [6.07, 6.45) is 0. The maximum atomic E-state index is 12.3. The molecule has 0 radical (unpaired) electrons. The summed E-state index contributed by atoms with van der Waals surface area (Å²) in [6, 6.07) is 10.2. The van der Waals surface area contributed by atoms with Gasteiger partial charge in [0.1, 0.15) is 0 Å². The highest BCUT2D eigenvalue weighted by Gasteiger charge is 2.22. The van der Waals surface area contributed by atoms with E-state index in [1.807, 2.05) is 50.3 Å². The minimum atomic E-state index is -0.253. The van der Waals surface area contributed by atoms with Crippen molar-refractivity contribution in [3.8, 4) is 0 Å². The molecule has 1 amide bonds. The molecular formula is C18H22N4OS. The molecule has 1 unspecified atom stereocenters. The van der Waals surface area contributed by atoms with Crippen LogP contribution in [0.25, 0.3) is 16.6 Å². The first kappa shape index (κ1) is 16.8. The molecule has 2 heterocycles. The van der Waals surface area contributed by atoms with Gasteiger partial charge in [-0.05, 0) is 52.3 Å². The van der Waals surface area contributed by atoms with E-state index in [9.17, 15) is 4.79 Å². The molecule has 5 nitrogen and oxygen atoms in total. The number of aromatic nitrogens is 3. The van der Waals surface area contributed by atoms with E-state index in [2.05, 4.69) is 34.6 Å². The van der Waals surface area contributed by atoms with Gasteiger partial charge in [0.05, 0.1) is 10.8 Å². The minimum absolute atomic E-state index is 0.000618. The van der Waals surface area contributed by atoms with E-state index >= 15 is 0 Å². The molecule has 0 saturated carbocycles. The largest absolute Gasteiger partial charge is 0.351 e. The minimum Gasteiger partial charge on any atom is -0.351 e. The van der Waals surface area contributed by atoms with Crippen LogP contribution < -0.4 is 5.32 Å². The Hall–Kier alpha value is -2.08. The van der Waals surface area contributed by atoms with Crippen molar-refractivity contribution < 1.29 is 4.79 Å². The lowest BCUT2D eigenvalue weighted by molar-refractivity contribution is -0.121. The molecule has 0 spiro atoms. The summed E-state index contributed by atoms with van der Waals surface area (Å²) in [7, 11) is 0. The second kappa shape index (κ2) is 6.09. The highest BCUT2D eigenvalue weighted by Crippen LogP contribution is 2.28. The van der Waals surface area contributed by atoms with Crippen LogP contribution in [0.15, 0.2) is 35.5 Å². The smallest absolute Gasteiger partial charge is 0.233 e. The second-order valence-corrected chi connectivity index (χ2v) is 8.33. The number of benzene rings is 1. The standard InChI is InChI=1S/C18H22N4OS/c1-11-10-15-20-21-17(22(15)14-9-7-6-8-13(11)14)24-12(2)16(23)19-18(3,4)5/h6-10,12H,1-5H3,(H,19,23). The van der Waals surface area contributed by atoms with E-state index < -0.39 is 0 Å². The van der Waals surface area contributed by atoms with Crippen molar-refractivity contribution in [3.05, 3.63) is 35.9 Å². The number of rotatable bonds is 3. The van der Waals surface area contributed by atoms with Crippen LogP contribution in [-0.4, -0.2) is 31.3 Å². The van der Waals surface area contributed by atoms with Crippen molar-refractivity contribution in [3.63, 3.8) is 0 Å². The van der Waals surface area contributed by atoms with Gasteiger partial charge in [-0.2, -0.15) is 0 Å². The number of fused-ring (bicyclic) bond motifs is 3. The number of carbonyl (C=O) groups excluding carboxylic acids is 1. The van der Waals surface area contributed by atoms with Crippen LogP contribution in [0, 0.1) is 6.92 Å². The lowest BCUT2D eigenvalue weighted by atomic mass is 10.1. The zero-order chi connectivity index (χ0) is 17.5. The molecule has 1 atom stereocenters. The Morgan fingerprint density at radius 2 is 1.96 bits per heavy atom. The molecule has 0 fully saturated rings. The van der Waals surface area contributed by atoms with Crippen molar-refractivity contribution in [1.82, 2.24) is 19.9 Å². The third-order valence-corrected chi connectivity index (χ3v) is 4.77. The Morgan fingerprint density at radius 1 is 1.25 bits per heavy atom. The van der Waals surface area contributed by atoms with Crippen LogP contribution in [0.4, 0.5) is 0 Å². The van der Waals surface area contributed by atoms with Crippen molar-refractivity contribution in [1.29, 1.82) is 0 Å². The van der Waals surface area contributed by atoms with Crippen molar-refractivity contribution >= 4 is 34.2 Å². The van der Waals surface area contributed by atoms with Crippen LogP contribution in [0.1, 0.15) is 33.3 Å². The van der Waals surface area contributed by atoms with Crippen LogP contribution >= 0.6 is 11.8 Å². The van der Waals surface area contributed by atoms with E-state index in [1.165, 1.54) is 22.7 Å². The number of nitrogens with one attached hydrogen (secondary N) is 1. The summed E-state index contributed by atoms with van der Waals surface area (Å²) < 4.78 is 2.02. The van der Waals surface area contributed by atoms with Crippen LogP contribution in [0.5, 0.6) is 0 Å². The van der Waals surface area contributed by atoms with Crippen LogP contribution in [-0.2, 0) is 4.79 Å². The molecule has 0 aliphatic heterocycles. The number of pyridine rings is 1. The van der Waals surface area contributed by atoms with E-state index in [-0.39, 0.29) is 16.7 Å². The molecule has 1 N–H and O–H groups in total. The normalized spacial score (nSPS) is 13.4. The topological polar surface area (TPSA) is 59.3 Å². The fourth-order valence-corrected chi connectivity index (χ4v) is 3.50. The third kappa shape index (κ3) is 3.24. The summed E-state index contributed by atoms with van der Waals surface area (Å²) >= 11 is 1.43. The van der Waals surface area contributed by atoms with Gasteiger partial charge in [0, 0.05) is 10.9 Å². The van der Waals surface area contributed by atoms with Gasteiger partial charge in [-0.1, -0.05) is 30.0 Å². The predicted octanol–water partition coefficient (Wildman–Crippen LogP) is 3.59. The van der Waals surface area contributed by atoms with E-state index in [0.717, 1.165) is 16.3 Å². The quantitative estimate of drug-likeness (QED) is 0.739. The highest BCUT2D eigenvalue weighted by molar-refractivity contribution is 8.00. The molecule has 3 rings (SSSR count). The van der Waals surface area contributed by atoms with Gasteiger partial charge in [0.25, 0.3) is 0 Å². The van der Waals surface area contributed by atoms with Crippen molar-refractivity contribution in [2.75, 3.05) is 0 Å². The van der Waals surface area contributed by atoms with Gasteiger partial charge in [0.2, 0.25) is 5.91 Å². The molecule has 0 saturated heterocycles. The lowest BCUT2D eigenvalue weighted by Gasteiger charge is -2.22. The number of hydrogen-bond acceptors (Lipinski definition) is 4. The zero-order valence-corrected chi connectivity index (χ0v) is 15.4. The molecule has 2 aromatic heterocycles. The van der Waals surface area contributed by atoms with E-state index in [0.29, 0.717) is 0 Å². The molecule has 3 aromatic rings. The van der Waals surface area contributed by atoms with Gasteiger partial charge >= 0.3 is 0 Å². The molecule has 0 aliphatic carbocycles. The average molecular weight is 342 g/mol. The maximum Gasteiger partial charge on any atom is 0.233 e. The zero-order valence-electron chi connectivity index (χ0n) is 14.6. The summed E-state index contributed by atoms with van der Waals surface area (Å²) in [5, 5.41) is 13.2. The number of para-hydroxylation sites is 1. The first-order chi connectivity index (χ1) is 11.3. The molecule has 126 valence electrons. The number of hydrogen-bond donors (Lipinski definition) is 1. The Balaban J connectivity index is 1.99. The van der Waals surface area contributed by atoms with Crippen LogP contribution in [0.3, 0.4) is 0 Å². The monoisotopic (exact) mass is 342 g/mol. The average Bonchev–Trinajstić information content (AvgIpc) is 2.88. The molecule has 24 heavy (non-hydrogen) atoms. The second-order valence-electron chi connectivity index (χ2n) is 7.02. The van der Waals surface area contributed by atoms with Gasteiger partial charge < -0.3 is 5.32 Å². The predicted molar refractivity (Wildman–Crippen MR) is 98.4 cm³/mol. The van der Waals surface area contributed by atoms with E-state index in [4.69, 9.17) is 0 Å². The Morgan fingerprint density at radius 3 is 2.67 bits per heavy atom. The summed E-state index contributed by atoms with van der Waals surface area (Å²) in [5.41, 5.74) is 2.78. The van der Waals surface area contributed by atoms with Crippen molar-refractivity contribution in [2.24, 2.45) is 0 Å². The molecule has 0 bridgehead atoms. The number of amides is 1. The van der Waals surface area contributed by atoms with Crippen molar-refractivity contribution in [2.45, 2.75) is 50.6 Å². The van der Waals surface area contributed by atoms with Gasteiger partial charge in [0.15, 0.2) is 10.8 Å². The first-order valence-corrected chi connectivity index (χ1v) is 8.86. The Labute approximate surface area is 145 Å². The Bertz CT molecular complexity index is 910. The fraction of sp³-hybridized carbons (Fsp3) is 0.389. The van der Waals surface area contributed by atoms with Gasteiger partial charge in [-0.15, -0.1) is 10.2 Å². The summed E-state index contributed by atoms with van der Waals surface area (Å²) in [5.74, 6) is 0.000618. The SMILES string of the molecule is Cc1cc2nnc(SC(C)C(=O)NC(C)(C)C)n2c2ccccc12. The fourth-order valence-electron chi connectivity index (χ4n) is 2.63. The summed E-state index contributed by atoms with van der Waals surface area (Å²) in [4.78, 5) is 12.3. The third-order valence-electron chi connectivity index (χ3n) is 3.72.